The van der Waals surface area contributed by atoms with Gasteiger partial charge in [0.1, 0.15) is 5.75 Å². The van der Waals surface area contributed by atoms with Gasteiger partial charge < -0.3 is 15.0 Å². The van der Waals surface area contributed by atoms with Gasteiger partial charge in [0.05, 0.1) is 0 Å². The Balaban J connectivity index is 2.05. The number of anilines is 1. The van der Waals surface area contributed by atoms with E-state index in [0.717, 1.165) is 5.69 Å². The molecular formula is C13H11BNO3. The van der Waals surface area contributed by atoms with E-state index in [4.69, 9.17) is 9.68 Å². The van der Waals surface area contributed by atoms with Crippen LogP contribution in [0.4, 0.5) is 5.69 Å². The average Bonchev–Trinajstić information content (AvgIpc) is 2.41. The predicted octanol–water partition coefficient (Wildman–Crippen LogP) is 1.84. The fraction of sp³-hybridized carbons (Fsp3) is 0. The summed E-state index contributed by atoms with van der Waals surface area (Å²) in [5, 5.41) is 11.2. The number of rotatable bonds is 4. The molecule has 18 heavy (non-hydrogen) atoms. The topological polar surface area (TPSA) is 58.6 Å². The molecule has 4 nitrogen and oxygen atoms in total. The van der Waals surface area contributed by atoms with Gasteiger partial charge in [-0.3, -0.25) is 4.79 Å². The molecule has 0 aliphatic heterocycles. The van der Waals surface area contributed by atoms with Crippen molar-refractivity contribution < 1.29 is 14.5 Å². The van der Waals surface area contributed by atoms with E-state index in [1.165, 1.54) is 0 Å². The molecule has 2 aromatic rings. The van der Waals surface area contributed by atoms with Crippen LogP contribution in [0.2, 0.25) is 0 Å². The molecule has 2 N–H and O–H groups in total. The number of para-hydroxylation sites is 1. The lowest BCUT2D eigenvalue weighted by molar-refractivity contribution is 0.102. The normalized spacial score (nSPS) is 9.61. The zero-order valence-corrected chi connectivity index (χ0v) is 9.54. The Morgan fingerprint density at radius 1 is 1.06 bits per heavy atom. The Kier molecular flexibility index (Phi) is 3.99. The van der Waals surface area contributed by atoms with Crippen molar-refractivity contribution in [3.05, 3.63) is 60.2 Å². The highest BCUT2D eigenvalue weighted by Crippen LogP contribution is 2.13. The highest BCUT2D eigenvalue weighted by molar-refractivity contribution is 6.17. The van der Waals surface area contributed by atoms with E-state index in [1.54, 1.807) is 24.3 Å². The molecule has 0 atom stereocenters. The summed E-state index contributed by atoms with van der Waals surface area (Å²) in [6.45, 7) is 0. The van der Waals surface area contributed by atoms with Crippen LogP contribution in [0.5, 0.6) is 5.75 Å². The van der Waals surface area contributed by atoms with Crippen molar-refractivity contribution in [1.29, 1.82) is 0 Å². The quantitative estimate of drug-likeness (QED) is 0.801. The first-order valence-electron chi connectivity index (χ1n) is 5.38. The van der Waals surface area contributed by atoms with E-state index in [2.05, 4.69) is 5.32 Å². The van der Waals surface area contributed by atoms with Crippen molar-refractivity contribution in [2.75, 3.05) is 5.32 Å². The lowest BCUT2D eigenvalue weighted by Crippen LogP contribution is -2.11. The standard InChI is InChI=1S/C13H11BNO3/c16-13(15-11-4-2-1-3-5-11)10-6-8-12(9-7-10)18-14-17/h1-9,17H,(H,15,16). The van der Waals surface area contributed by atoms with Crippen LogP contribution >= 0.6 is 0 Å². The molecule has 89 valence electrons. The van der Waals surface area contributed by atoms with Crippen molar-refractivity contribution in [1.82, 2.24) is 0 Å². The van der Waals surface area contributed by atoms with Crippen molar-refractivity contribution in [2.24, 2.45) is 0 Å². The summed E-state index contributed by atoms with van der Waals surface area (Å²) >= 11 is 0. The summed E-state index contributed by atoms with van der Waals surface area (Å²) in [7, 11) is 0.596. The van der Waals surface area contributed by atoms with Crippen LogP contribution in [0, 0.1) is 0 Å². The lowest BCUT2D eigenvalue weighted by atomic mass is 10.2. The van der Waals surface area contributed by atoms with E-state index < -0.39 is 0 Å². The maximum absolute atomic E-state index is 11.9. The van der Waals surface area contributed by atoms with Crippen molar-refractivity contribution in [2.45, 2.75) is 0 Å². The summed E-state index contributed by atoms with van der Waals surface area (Å²) < 4.78 is 4.76. The van der Waals surface area contributed by atoms with Crippen LogP contribution in [0.3, 0.4) is 0 Å². The largest absolute Gasteiger partial charge is 0.569 e. The Bertz CT molecular complexity index is 514. The van der Waals surface area contributed by atoms with Gasteiger partial charge in [-0.2, -0.15) is 0 Å². The molecular weight excluding hydrogens is 229 g/mol. The first-order valence-corrected chi connectivity index (χ1v) is 5.38. The molecule has 0 aromatic heterocycles. The van der Waals surface area contributed by atoms with Crippen LogP contribution < -0.4 is 9.97 Å². The maximum Gasteiger partial charge on any atom is 0.569 e. The number of benzene rings is 2. The second-order valence-corrected chi connectivity index (χ2v) is 3.57. The molecule has 0 bridgehead atoms. The van der Waals surface area contributed by atoms with Crippen LogP contribution in [-0.4, -0.2) is 18.6 Å². The monoisotopic (exact) mass is 240 g/mol. The predicted molar refractivity (Wildman–Crippen MR) is 69.4 cm³/mol. The molecule has 0 saturated heterocycles. The number of hydrogen-bond donors (Lipinski definition) is 2. The second-order valence-electron chi connectivity index (χ2n) is 3.57. The minimum atomic E-state index is -0.194. The highest BCUT2D eigenvalue weighted by atomic mass is 16.5. The molecule has 2 aromatic carbocycles. The molecule has 0 aliphatic carbocycles. The Labute approximate surface area is 106 Å². The van der Waals surface area contributed by atoms with Gasteiger partial charge in [-0.1, -0.05) is 18.2 Å². The first kappa shape index (κ1) is 12.2. The Hall–Kier alpha value is -2.27. The van der Waals surface area contributed by atoms with Crippen LogP contribution in [0.25, 0.3) is 0 Å². The third kappa shape index (κ3) is 3.12. The van der Waals surface area contributed by atoms with Gasteiger partial charge >= 0.3 is 7.69 Å². The number of nitrogens with one attached hydrogen (secondary N) is 1. The molecule has 1 radical (unpaired) electrons. The summed E-state index contributed by atoms with van der Waals surface area (Å²) in [5.41, 5.74) is 1.26. The number of carbonyl (C=O) groups excluding carboxylic acids is 1. The average molecular weight is 240 g/mol. The summed E-state index contributed by atoms with van der Waals surface area (Å²) in [6.07, 6.45) is 0. The summed E-state index contributed by atoms with van der Waals surface area (Å²) in [5.74, 6) is 0.273. The SMILES string of the molecule is O=C(Nc1ccccc1)c1ccc(O[B]O)cc1. The second kappa shape index (κ2) is 5.88. The molecule has 0 fully saturated rings. The minimum absolute atomic E-state index is 0.194. The molecule has 1 amide bonds. The van der Waals surface area contributed by atoms with Gasteiger partial charge in [0.2, 0.25) is 0 Å². The van der Waals surface area contributed by atoms with E-state index in [1.807, 2.05) is 30.3 Å². The highest BCUT2D eigenvalue weighted by Gasteiger charge is 2.05. The maximum atomic E-state index is 11.9. The van der Waals surface area contributed by atoms with Gasteiger partial charge in [0.15, 0.2) is 0 Å². The third-order valence-electron chi connectivity index (χ3n) is 2.34. The fourth-order valence-electron chi connectivity index (χ4n) is 1.47. The Morgan fingerprint density at radius 3 is 2.33 bits per heavy atom. The van der Waals surface area contributed by atoms with E-state index in [0.29, 0.717) is 19.0 Å². The molecule has 0 heterocycles. The molecule has 0 aliphatic rings. The zero-order chi connectivity index (χ0) is 12.8. The molecule has 0 spiro atoms. The van der Waals surface area contributed by atoms with E-state index in [9.17, 15) is 4.79 Å². The number of carbonyl (C=O) groups is 1. The zero-order valence-electron chi connectivity index (χ0n) is 9.54. The van der Waals surface area contributed by atoms with Gasteiger partial charge in [0, 0.05) is 11.3 Å². The summed E-state index contributed by atoms with van der Waals surface area (Å²) in [4.78, 5) is 11.9. The van der Waals surface area contributed by atoms with Crippen LogP contribution in [-0.2, 0) is 0 Å². The van der Waals surface area contributed by atoms with E-state index in [-0.39, 0.29) is 5.91 Å². The van der Waals surface area contributed by atoms with Gasteiger partial charge in [0.25, 0.3) is 5.91 Å². The lowest BCUT2D eigenvalue weighted by Gasteiger charge is -2.06. The third-order valence-corrected chi connectivity index (χ3v) is 2.34. The molecule has 0 saturated carbocycles. The number of amides is 1. The molecule has 2 rings (SSSR count). The number of hydrogen-bond acceptors (Lipinski definition) is 3. The van der Waals surface area contributed by atoms with E-state index >= 15 is 0 Å². The van der Waals surface area contributed by atoms with Crippen molar-refractivity contribution >= 4 is 19.3 Å². The minimum Gasteiger partial charge on any atom is -0.537 e. The Morgan fingerprint density at radius 2 is 1.72 bits per heavy atom. The van der Waals surface area contributed by atoms with Gasteiger partial charge in [-0.05, 0) is 36.4 Å². The molecule has 5 heteroatoms. The smallest absolute Gasteiger partial charge is 0.537 e. The first-order chi connectivity index (χ1) is 8.79. The molecule has 0 unspecified atom stereocenters. The van der Waals surface area contributed by atoms with Crippen LogP contribution in [0.15, 0.2) is 54.6 Å². The van der Waals surface area contributed by atoms with Crippen LogP contribution in [0.1, 0.15) is 10.4 Å². The fourth-order valence-corrected chi connectivity index (χ4v) is 1.47. The van der Waals surface area contributed by atoms with Gasteiger partial charge in [-0.25, -0.2) is 0 Å². The van der Waals surface area contributed by atoms with Gasteiger partial charge in [-0.15, -0.1) is 0 Å². The van der Waals surface area contributed by atoms with Crippen molar-refractivity contribution in [3.8, 4) is 5.75 Å². The summed E-state index contributed by atoms with van der Waals surface area (Å²) in [6, 6.07) is 15.7. The van der Waals surface area contributed by atoms with Crippen molar-refractivity contribution in [3.63, 3.8) is 0 Å².